The topological polar surface area (TPSA) is 50.4 Å². The molecule has 0 aliphatic rings. The number of carbonyl (C=O) groups excluding carboxylic acids is 1. The van der Waals surface area contributed by atoms with E-state index in [9.17, 15) is 4.79 Å². The van der Waals surface area contributed by atoms with E-state index >= 15 is 0 Å². The van der Waals surface area contributed by atoms with Crippen molar-refractivity contribution in [3.05, 3.63) is 53.1 Å². The number of anilines is 2. The summed E-state index contributed by atoms with van der Waals surface area (Å²) in [6.07, 6.45) is 2.05. The zero-order valence-corrected chi connectivity index (χ0v) is 14.8. The molecule has 0 aliphatic heterocycles. The number of para-hydroxylation sites is 2. The summed E-state index contributed by atoms with van der Waals surface area (Å²) in [5.74, 6) is 0.552. The van der Waals surface area contributed by atoms with Crippen molar-refractivity contribution in [1.82, 2.24) is 0 Å². The number of rotatable bonds is 8. The fourth-order valence-corrected chi connectivity index (χ4v) is 2.28. The molecule has 2 aromatic carbocycles. The maximum absolute atomic E-state index is 12.2. The van der Waals surface area contributed by atoms with Crippen molar-refractivity contribution >= 4 is 28.9 Å². The summed E-state index contributed by atoms with van der Waals surface area (Å²) in [6, 6.07) is 13.1. The molecule has 2 aromatic rings. The van der Waals surface area contributed by atoms with E-state index in [2.05, 4.69) is 17.6 Å². The molecule has 0 radical (unpaired) electrons. The number of benzene rings is 2. The Morgan fingerprint density at radius 2 is 2.00 bits per heavy atom. The third kappa shape index (κ3) is 5.46. The minimum atomic E-state index is -0.141. The fourth-order valence-electron chi connectivity index (χ4n) is 2.10. The van der Waals surface area contributed by atoms with Crippen LogP contribution in [-0.4, -0.2) is 19.1 Å². The second kappa shape index (κ2) is 9.18. The molecule has 0 fully saturated rings. The lowest BCUT2D eigenvalue weighted by molar-refractivity contribution is -0.114. The van der Waals surface area contributed by atoms with Crippen LogP contribution in [0.4, 0.5) is 11.4 Å². The Balaban J connectivity index is 1.91. The highest BCUT2D eigenvalue weighted by Crippen LogP contribution is 2.24. The lowest BCUT2D eigenvalue weighted by Gasteiger charge is -2.13. The van der Waals surface area contributed by atoms with Crippen LogP contribution in [0.1, 0.15) is 25.3 Å². The molecule has 4 nitrogen and oxygen atoms in total. The molecule has 2 N–H and O–H groups in total. The summed E-state index contributed by atoms with van der Waals surface area (Å²) >= 11 is 6.08. The second-order valence-corrected chi connectivity index (χ2v) is 5.97. The zero-order chi connectivity index (χ0) is 17.4. The zero-order valence-electron chi connectivity index (χ0n) is 14.1. The van der Waals surface area contributed by atoms with Crippen LogP contribution in [0, 0.1) is 6.92 Å². The van der Waals surface area contributed by atoms with Crippen molar-refractivity contribution in [3.8, 4) is 5.75 Å². The van der Waals surface area contributed by atoms with E-state index in [1.165, 1.54) is 0 Å². The van der Waals surface area contributed by atoms with Crippen molar-refractivity contribution in [3.63, 3.8) is 0 Å². The fraction of sp³-hybridized carbons (Fsp3) is 0.316. The SMILES string of the molecule is CCCCOc1ccccc1NC(=O)CNc1ccc(C)c(Cl)c1. The standard InChI is InChI=1S/C19H23ClN2O2/c1-3-4-11-24-18-8-6-5-7-17(18)22-19(23)13-21-15-10-9-14(2)16(20)12-15/h5-10,12,21H,3-4,11,13H2,1-2H3,(H,22,23). The van der Waals surface area contributed by atoms with Gasteiger partial charge in [0.25, 0.3) is 0 Å². The molecule has 1 amide bonds. The third-order valence-electron chi connectivity index (χ3n) is 3.54. The third-order valence-corrected chi connectivity index (χ3v) is 3.95. The predicted molar refractivity (Wildman–Crippen MR) is 100 cm³/mol. The number of ether oxygens (including phenoxy) is 1. The van der Waals surface area contributed by atoms with Gasteiger partial charge >= 0.3 is 0 Å². The Hall–Kier alpha value is -2.20. The van der Waals surface area contributed by atoms with Gasteiger partial charge in [0, 0.05) is 10.7 Å². The first-order valence-corrected chi connectivity index (χ1v) is 8.49. The number of unbranched alkanes of at least 4 members (excludes halogenated alkanes) is 1. The summed E-state index contributed by atoms with van der Waals surface area (Å²) in [6.45, 7) is 4.85. The Morgan fingerprint density at radius 1 is 1.21 bits per heavy atom. The van der Waals surface area contributed by atoms with E-state index in [1.54, 1.807) is 0 Å². The highest BCUT2D eigenvalue weighted by Gasteiger charge is 2.08. The van der Waals surface area contributed by atoms with E-state index in [1.807, 2.05) is 49.4 Å². The highest BCUT2D eigenvalue weighted by molar-refractivity contribution is 6.31. The van der Waals surface area contributed by atoms with Crippen LogP contribution in [-0.2, 0) is 4.79 Å². The first-order valence-electron chi connectivity index (χ1n) is 8.12. The molecule has 0 aliphatic carbocycles. The number of amides is 1. The highest BCUT2D eigenvalue weighted by atomic mass is 35.5. The lowest BCUT2D eigenvalue weighted by Crippen LogP contribution is -2.22. The van der Waals surface area contributed by atoms with Gasteiger partial charge < -0.3 is 15.4 Å². The Kier molecular flexibility index (Phi) is 6.94. The number of aryl methyl sites for hydroxylation is 1. The molecule has 0 saturated carbocycles. The second-order valence-electron chi connectivity index (χ2n) is 5.56. The van der Waals surface area contributed by atoms with Gasteiger partial charge in [0.1, 0.15) is 5.75 Å². The summed E-state index contributed by atoms with van der Waals surface area (Å²) in [7, 11) is 0. The first-order chi connectivity index (χ1) is 11.6. The molecular weight excluding hydrogens is 324 g/mol. The molecule has 2 rings (SSSR count). The Labute approximate surface area is 148 Å². The predicted octanol–water partition coefficient (Wildman–Crippen LogP) is 4.88. The average Bonchev–Trinajstić information content (AvgIpc) is 2.58. The van der Waals surface area contributed by atoms with Gasteiger partial charge in [-0.3, -0.25) is 4.79 Å². The van der Waals surface area contributed by atoms with Gasteiger partial charge in [0.05, 0.1) is 18.8 Å². The Bertz CT molecular complexity index is 689. The van der Waals surface area contributed by atoms with E-state index in [4.69, 9.17) is 16.3 Å². The summed E-state index contributed by atoms with van der Waals surface area (Å²) in [4.78, 5) is 12.2. The van der Waals surface area contributed by atoms with Crippen molar-refractivity contribution in [2.24, 2.45) is 0 Å². The molecule has 0 unspecified atom stereocenters. The Morgan fingerprint density at radius 3 is 2.75 bits per heavy atom. The van der Waals surface area contributed by atoms with Crippen LogP contribution in [0.15, 0.2) is 42.5 Å². The van der Waals surface area contributed by atoms with Gasteiger partial charge in [-0.2, -0.15) is 0 Å². The average molecular weight is 347 g/mol. The smallest absolute Gasteiger partial charge is 0.243 e. The quantitative estimate of drug-likeness (QED) is 0.670. The van der Waals surface area contributed by atoms with E-state index in [-0.39, 0.29) is 12.5 Å². The number of hydrogen-bond donors (Lipinski definition) is 2. The van der Waals surface area contributed by atoms with E-state index in [0.717, 1.165) is 24.1 Å². The van der Waals surface area contributed by atoms with Gasteiger partial charge in [-0.1, -0.05) is 43.1 Å². The lowest BCUT2D eigenvalue weighted by atomic mass is 10.2. The summed E-state index contributed by atoms with van der Waals surface area (Å²) in [5, 5.41) is 6.62. The molecule has 128 valence electrons. The molecular formula is C19H23ClN2O2. The number of carbonyl (C=O) groups is 1. The normalized spacial score (nSPS) is 10.3. The minimum absolute atomic E-state index is 0.141. The molecule has 0 saturated heterocycles. The van der Waals surface area contributed by atoms with Crippen LogP contribution in [0.5, 0.6) is 5.75 Å². The van der Waals surface area contributed by atoms with Gasteiger partial charge in [-0.15, -0.1) is 0 Å². The molecule has 5 heteroatoms. The van der Waals surface area contributed by atoms with Crippen LogP contribution >= 0.6 is 11.6 Å². The number of hydrogen-bond acceptors (Lipinski definition) is 3. The van der Waals surface area contributed by atoms with Crippen molar-refractivity contribution in [2.45, 2.75) is 26.7 Å². The number of nitrogens with one attached hydrogen (secondary N) is 2. The molecule has 0 spiro atoms. The monoisotopic (exact) mass is 346 g/mol. The van der Waals surface area contributed by atoms with Crippen molar-refractivity contribution in [1.29, 1.82) is 0 Å². The maximum atomic E-state index is 12.2. The largest absolute Gasteiger partial charge is 0.491 e. The molecule has 0 atom stereocenters. The number of halogens is 1. The molecule has 24 heavy (non-hydrogen) atoms. The maximum Gasteiger partial charge on any atom is 0.243 e. The van der Waals surface area contributed by atoms with Gasteiger partial charge in [-0.05, 0) is 43.2 Å². The van der Waals surface area contributed by atoms with Crippen LogP contribution < -0.4 is 15.4 Å². The first kappa shape index (κ1) is 18.1. The van der Waals surface area contributed by atoms with Gasteiger partial charge in [0.2, 0.25) is 5.91 Å². The summed E-state index contributed by atoms with van der Waals surface area (Å²) < 4.78 is 5.72. The minimum Gasteiger partial charge on any atom is -0.491 e. The van der Waals surface area contributed by atoms with Crippen LogP contribution in [0.25, 0.3) is 0 Å². The van der Waals surface area contributed by atoms with Gasteiger partial charge in [0.15, 0.2) is 0 Å². The molecule has 0 heterocycles. The molecule has 0 bridgehead atoms. The molecule has 0 aromatic heterocycles. The van der Waals surface area contributed by atoms with Crippen LogP contribution in [0.3, 0.4) is 0 Å². The summed E-state index contributed by atoms with van der Waals surface area (Å²) in [5.41, 5.74) is 2.50. The van der Waals surface area contributed by atoms with Crippen LogP contribution in [0.2, 0.25) is 5.02 Å². The van der Waals surface area contributed by atoms with Crippen molar-refractivity contribution in [2.75, 3.05) is 23.8 Å². The van der Waals surface area contributed by atoms with E-state index < -0.39 is 0 Å². The van der Waals surface area contributed by atoms with Crippen molar-refractivity contribution < 1.29 is 9.53 Å². The van der Waals surface area contributed by atoms with E-state index in [0.29, 0.717) is 23.1 Å². The van der Waals surface area contributed by atoms with Gasteiger partial charge in [-0.25, -0.2) is 0 Å².